The van der Waals surface area contributed by atoms with E-state index in [1.54, 1.807) is 0 Å². The molecule has 4 nitrogen and oxygen atoms in total. The van der Waals surface area contributed by atoms with E-state index in [9.17, 15) is 0 Å². The Labute approximate surface area is 163 Å². The molecule has 4 heteroatoms. The molecule has 0 radical (unpaired) electrons. The molecule has 0 aliphatic carbocycles. The van der Waals surface area contributed by atoms with Gasteiger partial charge in [-0.3, -0.25) is 0 Å². The topological polar surface area (TPSA) is 36.9 Å². The highest BCUT2D eigenvalue weighted by Crippen LogP contribution is 2.18. The van der Waals surface area contributed by atoms with Crippen LogP contribution in [-0.4, -0.2) is 42.9 Å². The minimum Gasteiger partial charge on any atom is -0.373 e. The molecule has 0 aromatic carbocycles. The molecule has 158 valence electrons. The lowest BCUT2D eigenvalue weighted by Gasteiger charge is -2.29. The van der Waals surface area contributed by atoms with Crippen LogP contribution < -0.4 is 0 Å². The minimum atomic E-state index is -0.0931. The lowest BCUT2D eigenvalue weighted by atomic mass is 10.1. The molecule has 0 amide bonds. The van der Waals surface area contributed by atoms with Gasteiger partial charge in [-0.15, -0.1) is 0 Å². The van der Waals surface area contributed by atoms with E-state index in [-0.39, 0.29) is 23.6 Å². The summed E-state index contributed by atoms with van der Waals surface area (Å²) in [5.41, 5.74) is -0.0686. The molecule has 2 atom stereocenters. The fourth-order valence-electron chi connectivity index (χ4n) is 2.58. The molecule has 0 N–H and O–H groups in total. The van der Waals surface area contributed by atoms with Gasteiger partial charge in [0.2, 0.25) is 0 Å². The Morgan fingerprint density at radius 2 is 1.42 bits per heavy atom. The van der Waals surface area contributed by atoms with Crippen LogP contribution in [0.4, 0.5) is 0 Å². The lowest BCUT2D eigenvalue weighted by molar-refractivity contribution is -0.204. The van der Waals surface area contributed by atoms with Gasteiger partial charge >= 0.3 is 0 Å². The van der Waals surface area contributed by atoms with Crippen molar-refractivity contribution in [2.24, 2.45) is 0 Å². The van der Waals surface area contributed by atoms with Gasteiger partial charge in [-0.1, -0.05) is 20.8 Å². The summed E-state index contributed by atoms with van der Waals surface area (Å²) in [6.45, 7) is 20.5. The van der Waals surface area contributed by atoms with Gasteiger partial charge in [0.1, 0.15) is 0 Å². The second kappa shape index (κ2) is 13.1. The highest BCUT2D eigenvalue weighted by molar-refractivity contribution is 4.65. The highest BCUT2D eigenvalue weighted by atomic mass is 16.7. The molecule has 1 rings (SSSR count). The molecule has 0 saturated carbocycles. The molecule has 0 aromatic rings. The largest absolute Gasteiger partial charge is 0.373 e. The van der Waals surface area contributed by atoms with Crippen molar-refractivity contribution in [2.45, 2.75) is 131 Å². The minimum absolute atomic E-state index is 0.0118. The molecule has 1 unspecified atom stereocenters. The van der Waals surface area contributed by atoms with E-state index in [2.05, 4.69) is 62.3 Å². The maximum Gasteiger partial charge on any atom is 0.158 e. The van der Waals surface area contributed by atoms with Gasteiger partial charge in [0.15, 0.2) is 6.29 Å². The number of ether oxygens (including phenoxy) is 4. The average molecular weight is 375 g/mol. The first-order valence-corrected chi connectivity index (χ1v) is 10.6. The molecule has 1 saturated heterocycles. The normalized spacial score (nSPS) is 19.8. The van der Waals surface area contributed by atoms with E-state index in [0.717, 1.165) is 38.7 Å². The predicted molar refractivity (Wildman–Crippen MR) is 110 cm³/mol. The summed E-state index contributed by atoms with van der Waals surface area (Å²) in [4.78, 5) is 0. The van der Waals surface area contributed by atoms with Gasteiger partial charge in [-0.25, -0.2) is 0 Å². The van der Waals surface area contributed by atoms with E-state index >= 15 is 0 Å². The standard InChI is InChI=1S/C13H26O3.C9H20O/c1-5-11(10-15-13(2,3)4)16-12-8-6-7-9-14-12;1-6-8(7-2)10-9(3,4)5/h11-12H,5-10H2,1-4H3;8H,6-7H2,1-5H3/t11-,12?;/m1./s1. The van der Waals surface area contributed by atoms with Crippen LogP contribution in [-0.2, 0) is 18.9 Å². The zero-order valence-electron chi connectivity index (χ0n) is 19.0. The van der Waals surface area contributed by atoms with Gasteiger partial charge in [0.25, 0.3) is 0 Å². The van der Waals surface area contributed by atoms with Crippen molar-refractivity contribution in [3.8, 4) is 0 Å². The molecule has 1 fully saturated rings. The van der Waals surface area contributed by atoms with Crippen molar-refractivity contribution in [2.75, 3.05) is 13.2 Å². The maximum atomic E-state index is 5.89. The Hall–Kier alpha value is -0.160. The highest BCUT2D eigenvalue weighted by Gasteiger charge is 2.21. The smallest absolute Gasteiger partial charge is 0.158 e. The third-order valence-electron chi connectivity index (χ3n) is 4.07. The van der Waals surface area contributed by atoms with Gasteiger partial charge in [0, 0.05) is 6.61 Å². The number of hydrogen-bond acceptors (Lipinski definition) is 4. The second-order valence-corrected chi connectivity index (χ2v) is 9.05. The zero-order valence-corrected chi connectivity index (χ0v) is 19.0. The summed E-state index contributed by atoms with van der Waals surface area (Å²) in [6, 6.07) is 0. The summed E-state index contributed by atoms with van der Waals surface area (Å²) in [7, 11) is 0. The fraction of sp³-hybridized carbons (Fsp3) is 1.00. The van der Waals surface area contributed by atoms with Gasteiger partial charge in [-0.2, -0.15) is 0 Å². The third kappa shape index (κ3) is 15.0. The average Bonchev–Trinajstić information content (AvgIpc) is 2.56. The van der Waals surface area contributed by atoms with E-state index in [1.165, 1.54) is 6.42 Å². The van der Waals surface area contributed by atoms with Crippen LogP contribution in [0, 0.1) is 0 Å². The summed E-state index contributed by atoms with van der Waals surface area (Å²) < 4.78 is 22.9. The van der Waals surface area contributed by atoms with E-state index < -0.39 is 0 Å². The van der Waals surface area contributed by atoms with Crippen molar-refractivity contribution in [3.05, 3.63) is 0 Å². The third-order valence-corrected chi connectivity index (χ3v) is 4.07. The molecule has 1 heterocycles. The fourth-order valence-corrected chi connectivity index (χ4v) is 2.58. The van der Waals surface area contributed by atoms with Crippen LogP contribution in [0.2, 0.25) is 0 Å². The number of hydrogen-bond donors (Lipinski definition) is 0. The second-order valence-electron chi connectivity index (χ2n) is 9.05. The predicted octanol–water partition coefficient (Wildman–Crippen LogP) is 6.11. The summed E-state index contributed by atoms with van der Waals surface area (Å²) in [6.07, 6.45) is 7.18. The van der Waals surface area contributed by atoms with Crippen molar-refractivity contribution >= 4 is 0 Å². The Balaban J connectivity index is 0.000000541. The van der Waals surface area contributed by atoms with Crippen LogP contribution >= 0.6 is 0 Å². The van der Waals surface area contributed by atoms with Crippen molar-refractivity contribution < 1.29 is 18.9 Å². The Morgan fingerprint density at radius 3 is 1.77 bits per heavy atom. The van der Waals surface area contributed by atoms with Crippen molar-refractivity contribution in [3.63, 3.8) is 0 Å². The van der Waals surface area contributed by atoms with Crippen molar-refractivity contribution in [1.29, 1.82) is 0 Å². The van der Waals surface area contributed by atoms with Gasteiger partial charge < -0.3 is 18.9 Å². The lowest BCUT2D eigenvalue weighted by Crippen LogP contribution is -2.33. The molecule has 1 aliphatic heterocycles. The Morgan fingerprint density at radius 1 is 0.846 bits per heavy atom. The molecule has 0 aromatic heterocycles. The Bertz CT molecular complexity index is 320. The van der Waals surface area contributed by atoms with E-state index in [4.69, 9.17) is 18.9 Å². The zero-order chi connectivity index (χ0) is 20.2. The first kappa shape index (κ1) is 25.8. The van der Waals surface area contributed by atoms with E-state index in [0.29, 0.717) is 12.7 Å². The molecule has 26 heavy (non-hydrogen) atoms. The molecule has 1 aliphatic rings. The monoisotopic (exact) mass is 374 g/mol. The van der Waals surface area contributed by atoms with Crippen molar-refractivity contribution in [1.82, 2.24) is 0 Å². The van der Waals surface area contributed by atoms with Crippen LogP contribution in [0.5, 0.6) is 0 Å². The molecule has 0 spiro atoms. The summed E-state index contributed by atoms with van der Waals surface area (Å²) >= 11 is 0. The van der Waals surface area contributed by atoms with E-state index in [1.807, 2.05) is 0 Å². The van der Waals surface area contributed by atoms with Crippen LogP contribution in [0.1, 0.15) is 101 Å². The maximum absolute atomic E-state index is 5.89. The first-order chi connectivity index (χ1) is 12.0. The summed E-state index contributed by atoms with van der Waals surface area (Å²) in [5, 5.41) is 0. The van der Waals surface area contributed by atoms with Crippen LogP contribution in [0.15, 0.2) is 0 Å². The van der Waals surface area contributed by atoms with Gasteiger partial charge in [-0.05, 0) is 80.1 Å². The summed E-state index contributed by atoms with van der Waals surface area (Å²) in [5.74, 6) is 0. The first-order valence-electron chi connectivity index (χ1n) is 10.6. The SMILES string of the molecule is CCC(CC)OC(C)(C)C.CC[C@H](COC(C)(C)C)OC1CCCCO1. The Kier molecular flexibility index (Phi) is 13.0. The van der Waals surface area contributed by atoms with Gasteiger partial charge in [0.05, 0.1) is 30.0 Å². The molecule has 0 bridgehead atoms. The van der Waals surface area contributed by atoms with Crippen LogP contribution in [0.25, 0.3) is 0 Å². The number of rotatable bonds is 8. The molecular weight excluding hydrogens is 328 g/mol. The van der Waals surface area contributed by atoms with Crippen LogP contribution in [0.3, 0.4) is 0 Å². The quantitative estimate of drug-likeness (QED) is 0.513. The molecular formula is C22H46O4.